The molecule has 0 spiro atoms. The summed E-state index contributed by atoms with van der Waals surface area (Å²) in [5.41, 5.74) is 2.07. The van der Waals surface area contributed by atoms with Gasteiger partial charge >= 0.3 is 0 Å². The number of rotatable bonds is 7. The second-order valence-corrected chi connectivity index (χ2v) is 11.6. The van der Waals surface area contributed by atoms with Gasteiger partial charge in [0.05, 0.1) is 0 Å². The molecule has 2 atom stereocenters. The minimum atomic E-state index is -1.06. The lowest BCUT2D eigenvalue weighted by molar-refractivity contribution is 0.607. The fraction of sp³-hybridized carbons (Fsp3) is 0.143. The third-order valence-electron chi connectivity index (χ3n) is 2.43. The average molecular weight is 343 g/mol. The van der Waals surface area contributed by atoms with E-state index in [1.54, 1.807) is 0 Å². The molecule has 2 nitrogen and oxygen atoms in total. The van der Waals surface area contributed by atoms with Crippen LogP contribution in [-0.2, 0) is 31.9 Å². The average Bonchev–Trinajstić information content (AvgIpc) is 2.47. The van der Waals surface area contributed by atoms with E-state index in [1.807, 2.05) is 60.7 Å². The maximum Gasteiger partial charge on any atom is 0.217 e. The van der Waals surface area contributed by atoms with E-state index in [-0.39, 0.29) is 0 Å². The van der Waals surface area contributed by atoms with Crippen molar-refractivity contribution in [2.24, 2.45) is 0 Å². The van der Waals surface area contributed by atoms with Crippen molar-refractivity contribution in [1.82, 2.24) is 0 Å². The SMILES string of the molecule is [O-][S+](Cc1ccccc1)SS[S+]([O-])Cc1ccccc1. The highest BCUT2D eigenvalue weighted by Gasteiger charge is 2.19. The normalized spacial score (nSPS) is 13.9. The Kier molecular flexibility index (Phi) is 7.19. The van der Waals surface area contributed by atoms with E-state index in [0.29, 0.717) is 11.5 Å². The van der Waals surface area contributed by atoms with Gasteiger partial charge in [0.2, 0.25) is 19.7 Å². The van der Waals surface area contributed by atoms with E-state index in [0.717, 1.165) is 11.1 Å². The second kappa shape index (κ2) is 8.92. The molecule has 0 aliphatic carbocycles. The maximum atomic E-state index is 11.9. The first-order valence-electron chi connectivity index (χ1n) is 5.94. The molecular weight excluding hydrogens is 328 g/mol. The minimum absolute atomic E-state index is 0.487. The predicted octanol–water partition coefficient (Wildman–Crippen LogP) is 4.10. The van der Waals surface area contributed by atoms with Crippen LogP contribution in [0.25, 0.3) is 0 Å². The van der Waals surface area contributed by atoms with Crippen LogP contribution >= 0.6 is 19.7 Å². The highest BCUT2D eigenvalue weighted by Crippen LogP contribution is 2.36. The number of hydrogen-bond acceptors (Lipinski definition) is 4. The van der Waals surface area contributed by atoms with Gasteiger partial charge in [-0.05, 0) is 0 Å². The molecule has 0 bridgehead atoms. The molecule has 0 amide bonds. The van der Waals surface area contributed by atoms with Gasteiger partial charge in [0.1, 0.15) is 11.5 Å². The molecule has 2 rings (SSSR count). The van der Waals surface area contributed by atoms with Crippen molar-refractivity contribution >= 4 is 40.1 Å². The summed E-state index contributed by atoms with van der Waals surface area (Å²) < 4.78 is 23.8. The van der Waals surface area contributed by atoms with Gasteiger partial charge in [-0.25, -0.2) is 0 Å². The van der Waals surface area contributed by atoms with E-state index in [1.165, 1.54) is 19.7 Å². The van der Waals surface area contributed by atoms with Crippen molar-refractivity contribution in [2.45, 2.75) is 11.5 Å². The maximum absolute atomic E-state index is 11.9. The van der Waals surface area contributed by atoms with E-state index in [4.69, 9.17) is 0 Å². The second-order valence-electron chi connectivity index (χ2n) is 4.00. The van der Waals surface area contributed by atoms with Gasteiger partial charge in [-0.2, -0.15) is 0 Å². The van der Waals surface area contributed by atoms with E-state index >= 15 is 0 Å². The van der Waals surface area contributed by atoms with Gasteiger partial charge in [0, 0.05) is 31.5 Å². The van der Waals surface area contributed by atoms with Crippen molar-refractivity contribution in [3.63, 3.8) is 0 Å². The molecule has 0 saturated heterocycles. The summed E-state index contributed by atoms with van der Waals surface area (Å²) in [6, 6.07) is 19.4. The summed E-state index contributed by atoms with van der Waals surface area (Å²) in [7, 11) is 0.249. The summed E-state index contributed by atoms with van der Waals surface area (Å²) in [4.78, 5) is 0. The number of benzene rings is 2. The lowest BCUT2D eigenvalue weighted by Gasteiger charge is -2.09. The molecule has 0 fully saturated rings. The quantitative estimate of drug-likeness (QED) is 0.561. The Morgan fingerprint density at radius 1 is 0.650 bits per heavy atom. The van der Waals surface area contributed by atoms with Gasteiger partial charge in [-0.1, -0.05) is 60.7 Å². The third kappa shape index (κ3) is 6.03. The van der Waals surface area contributed by atoms with E-state index in [9.17, 15) is 9.11 Å². The Labute approximate surface area is 132 Å². The first-order valence-corrected chi connectivity index (χ1v) is 11.8. The Hall–Kier alpha value is -0.240. The molecule has 2 aromatic carbocycles. The monoisotopic (exact) mass is 342 g/mol. The first-order chi connectivity index (χ1) is 9.74. The van der Waals surface area contributed by atoms with E-state index < -0.39 is 20.4 Å². The largest absolute Gasteiger partial charge is 0.604 e. The Morgan fingerprint density at radius 2 is 1.00 bits per heavy atom. The smallest absolute Gasteiger partial charge is 0.217 e. The van der Waals surface area contributed by atoms with Crippen molar-refractivity contribution in [3.05, 3.63) is 71.8 Å². The highest BCUT2D eigenvalue weighted by atomic mass is 33.7. The molecule has 2 unspecified atom stereocenters. The van der Waals surface area contributed by atoms with Crippen LogP contribution in [0.1, 0.15) is 11.1 Å². The zero-order valence-electron chi connectivity index (χ0n) is 10.6. The van der Waals surface area contributed by atoms with Crippen molar-refractivity contribution in [1.29, 1.82) is 0 Å². The molecule has 6 heteroatoms. The molecule has 0 aliphatic rings. The van der Waals surface area contributed by atoms with Crippen molar-refractivity contribution < 1.29 is 9.11 Å². The van der Waals surface area contributed by atoms with Crippen LogP contribution in [0.3, 0.4) is 0 Å². The Morgan fingerprint density at radius 3 is 1.35 bits per heavy atom. The molecule has 0 saturated carbocycles. The molecule has 2 aromatic rings. The highest BCUT2D eigenvalue weighted by molar-refractivity contribution is 9.22. The van der Waals surface area contributed by atoms with Gasteiger partial charge in [0.25, 0.3) is 0 Å². The van der Waals surface area contributed by atoms with Crippen molar-refractivity contribution in [3.8, 4) is 0 Å². The molecule has 0 radical (unpaired) electrons. The topological polar surface area (TPSA) is 46.1 Å². The lowest BCUT2D eigenvalue weighted by Crippen LogP contribution is -2.01. The molecule has 106 valence electrons. The van der Waals surface area contributed by atoms with Crippen LogP contribution in [0.4, 0.5) is 0 Å². The van der Waals surface area contributed by atoms with Gasteiger partial charge in [-0.15, -0.1) is 0 Å². The number of hydrogen-bond donors (Lipinski definition) is 0. The molecular formula is C14H14O2S4. The fourth-order valence-electron chi connectivity index (χ4n) is 1.53. The van der Waals surface area contributed by atoms with Crippen LogP contribution in [-0.4, -0.2) is 9.11 Å². The third-order valence-corrected chi connectivity index (χ3v) is 10.4. The van der Waals surface area contributed by atoms with Crippen LogP contribution in [0.5, 0.6) is 0 Å². The van der Waals surface area contributed by atoms with E-state index in [2.05, 4.69) is 0 Å². The van der Waals surface area contributed by atoms with Gasteiger partial charge in [-0.3, -0.25) is 0 Å². The fourth-order valence-corrected chi connectivity index (χ4v) is 9.48. The summed E-state index contributed by atoms with van der Waals surface area (Å²) in [6.07, 6.45) is 0. The zero-order valence-corrected chi connectivity index (χ0v) is 13.9. The summed E-state index contributed by atoms with van der Waals surface area (Å²) in [5.74, 6) is 0.974. The first kappa shape index (κ1) is 16.1. The Balaban J connectivity index is 1.71. The summed E-state index contributed by atoms with van der Waals surface area (Å²) in [5, 5.41) is 0. The lowest BCUT2D eigenvalue weighted by atomic mass is 10.2. The minimum Gasteiger partial charge on any atom is -0.604 e. The molecule has 20 heavy (non-hydrogen) atoms. The van der Waals surface area contributed by atoms with Crippen LogP contribution in [0.15, 0.2) is 60.7 Å². The standard InChI is InChI=1S/C14H14O2S4/c15-19(11-13-7-3-1-4-8-13)17-18-20(16)12-14-9-5-2-6-10-14/h1-10H,11-12H2. The predicted molar refractivity (Wildman–Crippen MR) is 91.8 cm³/mol. The van der Waals surface area contributed by atoms with Crippen molar-refractivity contribution in [2.75, 3.05) is 0 Å². The van der Waals surface area contributed by atoms with Crippen LogP contribution in [0.2, 0.25) is 0 Å². The summed E-state index contributed by atoms with van der Waals surface area (Å²) in [6.45, 7) is 0. The molecule has 0 N–H and O–H groups in total. The van der Waals surface area contributed by atoms with Gasteiger partial charge in [0.15, 0.2) is 0 Å². The van der Waals surface area contributed by atoms with Crippen LogP contribution in [0, 0.1) is 0 Å². The molecule has 0 aromatic heterocycles. The molecule has 0 aliphatic heterocycles. The van der Waals surface area contributed by atoms with Crippen LogP contribution < -0.4 is 0 Å². The summed E-state index contributed by atoms with van der Waals surface area (Å²) >= 11 is 0. The van der Waals surface area contributed by atoms with Gasteiger partial charge < -0.3 is 9.11 Å². The zero-order chi connectivity index (χ0) is 14.2. The Bertz CT molecular complexity index is 448. The molecule has 0 heterocycles.